The minimum absolute atomic E-state index is 0.0265. The molecule has 0 aromatic rings. The molecule has 0 bridgehead atoms. The molecule has 7 heteroatoms. The molecule has 0 aromatic heterocycles. The predicted octanol–water partition coefficient (Wildman–Crippen LogP) is 1.24. The molecule has 0 aromatic carbocycles. The number of hydrogen-bond donors (Lipinski definition) is 0. The van der Waals surface area contributed by atoms with Crippen molar-refractivity contribution in [2.75, 3.05) is 12.9 Å². The van der Waals surface area contributed by atoms with Crippen LogP contribution in [0.25, 0.3) is 0 Å². The third-order valence-electron chi connectivity index (χ3n) is 2.52. The molecule has 1 aliphatic rings. The molecule has 15 heavy (non-hydrogen) atoms. The van der Waals surface area contributed by atoms with E-state index < -0.39 is 32.4 Å². The molecular weight excluding hydrogens is 247 g/mol. The summed E-state index contributed by atoms with van der Waals surface area (Å²) in [6.45, 7) is 0. The monoisotopic (exact) mass is 258 g/mol. The number of hydrogen-bond acceptors (Lipinski definition) is 4. The number of esters is 1. The summed E-state index contributed by atoms with van der Waals surface area (Å²) in [7, 11) is 2.32. The van der Waals surface area contributed by atoms with Crippen LogP contribution < -0.4 is 0 Å². The van der Waals surface area contributed by atoms with Crippen LogP contribution in [0.1, 0.15) is 19.3 Å². The molecule has 1 rings (SSSR count). The smallest absolute Gasteiger partial charge is 0.308 e. The molecule has 0 heterocycles. The average Bonchev–Trinajstić information content (AvgIpc) is 2.43. The number of carbonyl (C=O) groups is 1. The zero-order valence-corrected chi connectivity index (χ0v) is 9.78. The molecule has 4 nitrogen and oxygen atoms in total. The second-order valence-corrected chi connectivity index (χ2v) is 6.57. The highest BCUT2D eigenvalue weighted by molar-refractivity contribution is 8.13. The van der Waals surface area contributed by atoms with E-state index in [2.05, 4.69) is 4.74 Å². The van der Waals surface area contributed by atoms with Gasteiger partial charge in [0.05, 0.1) is 18.8 Å². The van der Waals surface area contributed by atoms with E-state index in [-0.39, 0.29) is 12.8 Å². The lowest BCUT2D eigenvalue weighted by molar-refractivity contribution is -0.145. The summed E-state index contributed by atoms with van der Waals surface area (Å²) >= 11 is 0. The molecule has 0 aliphatic heterocycles. The van der Waals surface area contributed by atoms with Crippen molar-refractivity contribution >= 4 is 25.7 Å². The molecule has 0 N–H and O–H groups in total. The number of ether oxygens (including phenoxy) is 1. The van der Waals surface area contributed by atoms with E-state index >= 15 is 0 Å². The topological polar surface area (TPSA) is 60.4 Å². The van der Waals surface area contributed by atoms with Gasteiger partial charge >= 0.3 is 5.97 Å². The van der Waals surface area contributed by atoms with Crippen LogP contribution in [0.2, 0.25) is 0 Å². The Labute approximate surface area is 92.2 Å². The lowest BCUT2D eigenvalue weighted by Gasteiger charge is -2.16. The average molecular weight is 259 g/mol. The maximum absolute atomic E-state index is 13.9. The summed E-state index contributed by atoms with van der Waals surface area (Å²) in [6.07, 6.45) is 0.194. The van der Waals surface area contributed by atoms with E-state index in [1.54, 1.807) is 0 Å². The molecule has 0 spiro atoms. The van der Waals surface area contributed by atoms with E-state index in [9.17, 15) is 17.6 Å². The van der Waals surface area contributed by atoms with Gasteiger partial charge in [-0.3, -0.25) is 4.79 Å². The highest BCUT2D eigenvalue weighted by atomic mass is 35.7. The normalized spacial score (nSPS) is 31.5. The zero-order chi connectivity index (χ0) is 11.7. The standard InChI is InChI=1S/C8H12ClFO4S/c1-14-7(11)6-2-3-8(10,4-6)5-15(9,12)13/h6H,2-5H2,1H3/t6-,8-/m1/s1. The van der Waals surface area contributed by atoms with Gasteiger partial charge in [0.2, 0.25) is 9.05 Å². The first-order chi connectivity index (χ1) is 6.76. The molecule has 0 unspecified atom stereocenters. The van der Waals surface area contributed by atoms with Gasteiger partial charge in [-0.15, -0.1) is 0 Å². The third kappa shape index (κ3) is 3.61. The summed E-state index contributed by atoms with van der Waals surface area (Å²) in [6, 6.07) is 0. The highest BCUT2D eigenvalue weighted by Gasteiger charge is 2.45. The first-order valence-corrected chi connectivity index (χ1v) is 6.93. The summed E-state index contributed by atoms with van der Waals surface area (Å²) in [5.41, 5.74) is -1.89. The van der Waals surface area contributed by atoms with Crippen LogP contribution in [0.15, 0.2) is 0 Å². The van der Waals surface area contributed by atoms with Crippen molar-refractivity contribution in [2.45, 2.75) is 24.9 Å². The van der Waals surface area contributed by atoms with Crippen molar-refractivity contribution in [3.05, 3.63) is 0 Å². The van der Waals surface area contributed by atoms with Crippen LogP contribution >= 0.6 is 10.7 Å². The van der Waals surface area contributed by atoms with Crippen LogP contribution in [0.4, 0.5) is 4.39 Å². The fraction of sp³-hybridized carbons (Fsp3) is 0.875. The summed E-state index contributed by atoms with van der Waals surface area (Å²) in [5.74, 6) is -1.80. The second kappa shape index (κ2) is 4.25. The number of methoxy groups -OCH3 is 1. The van der Waals surface area contributed by atoms with Crippen molar-refractivity contribution in [1.29, 1.82) is 0 Å². The molecule has 1 fully saturated rings. The van der Waals surface area contributed by atoms with Crippen LogP contribution in [0.5, 0.6) is 0 Å². The lowest BCUT2D eigenvalue weighted by Crippen LogP contribution is -2.28. The Kier molecular flexibility index (Phi) is 3.60. The minimum atomic E-state index is -3.88. The van der Waals surface area contributed by atoms with Crippen molar-refractivity contribution in [3.63, 3.8) is 0 Å². The van der Waals surface area contributed by atoms with Crippen molar-refractivity contribution < 1.29 is 22.3 Å². The summed E-state index contributed by atoms with van der Waals surface area (Å²) < 4.78 is 39.8. The van der Waals surface area contributed by atoms with E-state index in [0.29, 0.717) is 6.42 Å². The van der Waals surface area contributed by atoms with Crippen LogP contribution in [-0.4, -0.2) is 32.9 Å². The first-order valence-electron chi connectivity index (χ1n) is 4.45. The number of rotatable bonds is 3. The van der Waals surface area contributed by atoms with Gasteiger partial charge in [-0.2, -0.15) is 0 Å². The molecule has 88 valence electrons. The van der Waals surface area contributed by atoms with Gasteiger partial charge in [-0.1, -0.05) is 0 Å². The largest absolute Gasteiger partial charge is 0.469 e. The molecule has 1 aliphatic carbocycles. The summed E-state index contributed by atoms with van der Waals surface area (Å²) in [5, 5.41) is 0. The molecule has 0 amide bonds. The predicted molar refractivity (Wildman–Crippen MR) is 52.8 cm³/mol. The highest BCUT2D eigenvalue weighted by Crippen LogP contribution is 2.39. The molecule has 0 radical (unpaired) electrons. The molecular formula is C8H12ClFO4S. The van der Waals surface area contributed by atoms with Gasteiger partial charge < -0.3 is 4.74 Å². The Balaban J connectivity index is 2.65. The first kappa shape index (κ1) is 12.7. The van der Waals surface area contributed by atoms with E-state index in [1.807, 2.05) is 0 Å². The SMILES string of the molecule is COC(=O)[C@@H]1CC[C@](F)(CS(=O)(=O)Cl)C1. The van der Waals surface area contributed by atoms with E-state index in [1.165, 1.54) is 7.11 Å². The van der Waals surface area contributed by atoms with Crippen LogP contribution in [0.3, 0.4) is 0 Å². The quantitative estimate of drug-likeness (QED) is 0.564. The number of halogens is 2. The van der Waals surface area contributed by atoms with E-state index in [4.69, 9.17) is 10.7 Å². The Hall–Kier alpha value is -0.360. The lowest BCUT2D eigenvalue weighted by atomic mass is 10.0. The molecule has 0 saturated heterocycles. The maximum Gasteiger partial charge on any atom is 0.308 e. The Morgan fingerprint density at radius 2 is 2.27 bits per heavy atom. The van der Waals surface area contributed by atoms with Crippen LogP contribution in [-0.2, 0) is 18.6 Å². The fourth-order valence-corrected chi connectivity index (χ4v) is 3.35. The van der Waals surface area contributed by atoms with Gasteiger partial charge in [0.15, 0.2) is 0 Å². The van der Waals surface area contributed by atoms with Crippen LogP contribution in [0, 0.1) is 5.92 Å². The van der Waals surface area contributed by atoms with E-state index in [0.717, 1.165) is 0 Å². The van der Waals surface area contributed by atoms with Gasteiger partial charge in [-0.25, -0.2) is 12.8 Å². The minimum Gasteiger partial charge on any atom is -0.469 e. The van der Waals surface area contributed by atoms with Gasteiger partial charge in [0.25, 0.3) is 0 Å². The fourth-order valence-electron chi connectivity index (χ4n) is 1.89. The summed E-state index contributed by atoms with van der Waals surface area (Å²) in [4.78, 5) is 11.1. The Bertz CT molecular complexity index is 356. The number of alkyl halides is 1. The molecule has 2 atom stereocenters. The molecule has 1 saturated carbocycles. The zero-order valence-electron chi connectivity index (χ0n) is 8.20. The second-order valence-electron chi connectivity index (χ2n) is 3.80. The van der Waals surface area contributed by atoms with Gasteiger partial charge in [0.1, 0.15) is 5.67 Å². The van der Waals surface area contributed by atoms with Gasteiger partial charge in [0, 0.05) is 10.7 Å². The Morgan fingerprint density at radius 3 is 2.73 bits per heavy atom. The maximum atomic E-state index is 13.9. The number of carbonyl (C=O) groups excluding carboxylic acids is 1. The van der Waals surface area contributed by atoms with Gasteiger partial charge in [-0.05, 0) is 19.3 Å². The van der Waals surface area contributed by atoms with Crippen molar-refractivity contribution in [3.8, 4) is 0 Å². The van der Waals surface area contributed by atoms with Crippen molar-refractivity contribution in [2.24, 2.45) is 5.92 Å². The third-order valence-corrected chi connectivity index (χ3v) is 3.71. The van der Waals surface area contributed by atoms with Crippen molar-refractivity contribution in [1.82, 2.24) is 0 Å². The Morgan fingerprint density at radius 1 is 1.67 bits per heavy atom.